The molecular weight excluding hydrogens is 228 g/mol. The first kappa shape index (κ1) is 13.0. The maximum absolute atomic E-state index is 11.2. The lowest BCUT2D eigenvalue weighted by molar-refractivity contribution is -0.123. The number of amides is 1. The van der Waals surface area contributed by atoms with Crippen LogP contribution in [0.1, 0.15) is 24.1 Å². The van der Waals surface area contributed by atoms with Crippen LogP contribution in [0.4, 0.5) is 0 Å². The van der Waals surface area contributed by atoms with Gasteiger partial charge in [0.2, 0.25) is 5.91 Å². The highest BCUT2D eigenvalue weighted by Crippen LogP contribution is 2.19. The van der Waals surface area contributed by atoms with Crippen LogP contribution in [-0.2, 0) is 17.9 Å². The van der Waals surface area contributed by atoms with Gasteiger partial charge in [-0.25, -0.2) is 0 Å². The molecule has 1 unspecified atom stereocenters. The number of hydrogen-bond donors (Lipinski definition) is 2. The van der Waals surface area contributed by atoms with Crippen LogP contribution >= 0.6 is 0 Å². The normalized spacial score (nSPS) is 20.8. The number of nitrogens with two attached hydrogens (primary N) is 2. The minimum atomic E-state index is -0.190. The summed E-state index contributed by atoms with van der Waals surface area (Å²) in [6.07, 6.45) is 3.68. The fourth-order valence-corrected chi connectivity index (χ4v) is 2.47. The van der Waals surface area contributed by atoms with Crippen molar-refractivity contribution in [1.82, 2.24) is 9.88 Å². The van der Waals surface area contributed by atoms with E-state index in [4.69, 9.17) is 11.5 Å². The number of carbonyl (C=O) groups excluding carboxylic acids is 1. The number of pyridine rings is 1. The van der Waals surface area contributed by atoms with E-state index < -0.39 is 0 Å². The quantitative estimate of drug-likeness (QED) is 0.799. The van der Waals surface area contributed by atoms with E-state index in [9.17, 15) is 4.79 Å². The van der Waals surface area contributed by atoms with Crippen LogP contribution < -0.4 is 11.5 Å². The number of aromatic nitrogens is 1. The summed E-state index contributed by atoms with van der Waals surface area (Å²) < 4.78 is 0. The first-order valence-electron chi connectivity index (χ1n) is 6.35. The maximum Gasteiger partial charge on any atom is 0.221 e. The second-order valence-electron chi connectivity index (χ2n) is 4.79. The van der Waals surface area contributed by atoms with Gasteiger partial charge >= 0.3 is 0 Å². The van der Waals surface area contributed by atoms with Gasteiger partial charge < -0.3 is 11.5 Å². The third-order valence-corrected chi connectivity index (χ3v) is 3.48. The van der Waals surface area contributed by atoms with E-state index in [1.807, 2.05) is 12.1 Å². The average Bonchev–Trinajstić information content (AvgIpc) is 2.39. The first-order chi connectivity index (χ1) is 8.70. The molecule has 5 nitrogen and oxygen atoms in total. The molecule has 0 bridgehead atoms. The first-order valence-corrected chi connectivity index (χ1v) is 6.35. The Hall–Kier alpha value is -1.46. The Kier molecular flexibility index (Phi) is 4.28. The highest BCUT2D eigenvalue weighted by atomic mass is 16.1. The van der Waals surface area contributed by atoms with Crippen LogP contribution in [0.5, 0.6) is 0 Å². The molecule has 1 fully saturated rings. The van der Waals surface area contributed by atoms with Crippen molar-refractivity contribution >= 4 is 5.91 Å². The zero-order valence-corrected chi connectivity index (χ0v) is 10.5. The Labute approximate surface area is 107 Å². The van der Waals surface area contributed by atoms with Crippen molar-refractivity contribution in [3.63, 3.8) is 0 Å². The summed E-state index contributed by atoms with van der Waals surface area (Å²) in [7, 11) is 0. The molecule has 2 heterocycles. The van der Waals surface area contributed by atoms with Gasteiger partial charge in [0.15, 0.2) is 0 Å². The van der Waals surface area contributed by atoms with Gasteiger partial charge in [0.25, 0.3) is 0 Å². The summed E-state index contributed by atoms with van der Waals surface area (Å²) >= 11 is 0. The van der Waals surface area contributed by atoms with Gasteiger partial charge in [-0.1, -0.05) is 6.07 Å². The fraction of sp³-hybridized carbons (Fsp3) is 0.538. The minimum Gasteiger partial charge on any atom is -0.369 e. The zero-order valence-electron chi connectivity index (χ0n) is 10.5. The number of nitrogens with zero attached hydrogens (tertiary/aromatic N) is 2. The Balaban J connectivity index is 2.02. The van der Waals surface area contributed by atoms with Crippen LogP contribution in [-0.4, -0.2) is 28.9 Å². The van der Waals surface area contributed by atoms with E-state index in [1.165, 1.54) is 0 Å². The lowest BCUT2D eigenvalue weighted by Crippen LogP contribution is -2.40. The SMILES string of the molecule is NCc1ncccc1CN1CCCC(C(N)=O)C1. The van der Waals surface area contributed by atoms with Gasteiger partial charge in [0, 0.05) is 25.8 Å². The molecule has 2 rings (SSSR count). The molecule has 1 aliphatic rings. The fourth-order valence-electron chi connectivity index (χ4n) is 2.47. The lowest BCUT2D eigenvalue weighted by atomic mass is 9.97. The number of hydrogen-bond acceptors (Lipinski definition) is 4. The molecule has 0 saturated carbocycles. The number of rotatable bonds is 4. The van der Waals surface area contributed by atoms with Crippen LogP contribution in [0.15, 0.2) is 18.3 Å². The molecule has 1 amide bonds. The van der Waals surface area contributed by atoms with Gasteiger partial charge in [-0.15, -0.1) is 0 Å². The molecule has 1 aromatic heterocycles. The van der Waals surface area contributed by atoms with Crippen molar-refractivity contribution in [2.24, 2.45) is 17.4 Å². The molecule has 4 N–H and O–H groups in total. The maximum atomic E-state index is 11.2. The number of carbonyl (C=O) groups is 1. The summed E-state index contributed by atoms with van der Waals surface area (Å²) in [5.41, 5.74) is 13.1. The van der Waals surface area contributed by atoms with Crippen molar-refractivity contribution in [2.75, 3.05) is 13.1 Å². The molecule has 5 heteroatoms. The Bertz CT molecular complexity index is 421. The van der Waals surface area contributed by atoms with Gasteiger partial charge in [-0.2, -0.15) is 0 Å². The molecule has 98 valence electrons. The van der Waals surface area contributed by atoms with Crippen LogP contribution in [0.2, 0.25) is 0 Å². The monoisotopic (exact) mass is 248 g/mol. The van der Waals surface area contributed by atoms with Crippen molar-refractivity contribution < 1.29 is 4.79 Å². The van der Waals surface area contributed by atoms with Crippen molar-refractivity contribution in [3.05, 3.63) is 29.6 Å². The number of primary amides is 1. The summed E-state index contributed by atoms with van der Waals surface area (Å²) in [5.74, 6) is -0.207. The molecule has 1 saturated heterocycles. The highest BCUT2D eigenvalue weighted by Gasteiger charge is 2.24. The van der Waals surface area contributed by atoms with Crippen LogP contribution in [0.25, 0.3) is 0 Å². The molecule has 0 spiro atoms. The molecule has 1 atom stereocenters. The molecule has 1 aliphatic heterocycles. The Morgan fingerprint density at radius 2 is 2.39 bits per heavy atom. The second-order valence-corrected chi connectivity index (χ2v) is 4.79. The summed E-state index contributed by atoms with van der Waals surface area (Å²) in [6, 6.07) is 3.97. The highest BCUT2D eigenvalue weighted by molar-refractivity contribution is 5.76. The third kappa shape index (κ3) is 3.05. The zero-order chi connectivity index (χ0) is 13.0. The van der Waals surface area contributed by atoms with Crippen LogP contribution in [0, 0.1) is 5.92 Å². The second kappa shape index (κ2) is 5.93. The smallest absolute Gasteiger partial charge is 0.221 e. The average molecular weight is 248 g/mol. The predicted molar refractivity (Wildman–Crippen MR) is 69.3 cm³/mol. The topological polar surface area (TPSA) is 85.2 Å². The van der Waals surface area contributed by atoms with E-state index in [0.29, 0.717) is 6.54 Å². The van der Waals surface area contributed by atoms with Crippen LogP contribution in [0.3, 0.4) is 0 Å². The van der Waals surface area contributed by atoms with E-state index in [0.717, 1.165) is 43.7 Å². The van der Waals surface area contributed by atoms with E-state index in [2.05, 4.69) is 9.88 Å². The molecule has 0 radical (unpaired) electrons. The van der Waals surface area contributed by atoms with E-state index in [-0.39, 0.29) is 11.8 Å². The molecule has 0 aliphatic carbocycles. The predicted octanol–water partition coefficient (Wildman–Crippen LogP) is 0.238. The number of piperidine rings is 1. The molecule has 0 aromatic carbocycles. The molecule has 18 heavy (non-hydrogen) atoms. The van der Waals surface area contributed by atoms with Crippen molar-refractivity contribution in [1.29, 1.82) is 0 Å². The molecule has 1 aromatic rings. The van der Waals surface area contributed by atoms with Crippen molar-refractivity contribution in [2.45, 2.75) is 25.9 Å². The van der Waals surface area contributed by atoms with Gasteiger partial charge in [-0.05, 0) is 31.0 Å². The standard InChI is InChI=1S/C13H20N4O/c14-7-12-10(3-1-5-16-12)8-17-6-2-4-11(9-17)13(15)18/h1,3,5,11H,2,4,6-9,14H2,(H2,15,18). The van der Waals surface area contributed by atoms with E-state index >= 15 is 0 Å². The van der Waals surface area contributed by atoms with Crippen molar-refractivity contribution in [3.8, 4) is 0 Å². The summed E-state index contributed by atoms with van der Waals surface area (Å²) in [6.45, 7) is 2.99. The van der Waals surface area contributed by atoms with Gasteiger partial charge in [0.05, 0.1) is 11.6 Å². The molecular formula is C13H20N4O. The minimum absolute atomic E-state index is 0.0169. The largest absolute Gasteiger partial charge is 0.369 e. The number of likely N-dealkylation sites (tertiary alicyclic amines) is 1. The van der Waals surface area contributed by atoms with E-state index in [1.54, 1.807) is 6.20 Å². The third-order valence-electron chi connectivity index (χ3n) is 3.48. The Morgan fingerprint density at radius 3 is 3.11 bits per heavy atom. The van der Waals surface area contributed by atoms with Gasteiger partial charge in [-0.3, -0.25) is 14.7 Å². The van der Waals surface area contributed by atoms with Gasteiger partial charge in [0.1, 0.15) is 0 Å². The Morgan fingerprint density at radius 1 is 1.56 bits per heavy atom. The lowest BCUT2D eigenvalue weighted by Gasteiger charge is -2.31. The summed E-state index contributed by atoms with van der Waals surface area (Å²) in [4.78, 5) is 17.8. The summed E-state index contributed by atoms with van der Waals surface area (Å²) in [5, 5.41) is 0.